The monoisotopic (exact) mass is 386 g/mol. The summed E-state index contributed by atoms with van der Waals surface area (Å²) in [6.45, 7) is 2.02. The van der Waals surface area contributed by atoms with Gasteiger partial charge in [0.2, 0.25) is 5.91 Å². The second-order valence-electron chi connectivity index (χ2n) is 6.57. The first-order valence-corrected chi connectivity index (χ1v) is 9.95. The van der Waals surface area contributed by atoms with E-state index in [-0.39, 0.29) is 5.91 Å². The molecule has 1 amide bonds. The summed E-state index contributed by atoms with van der Waals surface area (Å²) in [6, 6.07) is 9.99. The fraction of sp³-hybridized carbons (Fsp3) is 0.300. The SMILES string of the molecule is CC(=O)N1CCC(=C2c3ccc(Cl)cc3SCc3cccnc32)CC1O. The number of hydrogen-bond donors (Lipinski definition) is 1. The number of rotatable bonds is 0. The van der Waals surface area contributed by atoms with Crippen LogP contribution >= 0.6 is 23.4 Å². The predicted octanol–water partition coefficient (Wildman–Crippen LogP) is 4.10. The van der Waals surface area contributed by atoms with Crippen molar-refractivity contribution in [2.45, 2.75) is 36.6 Å². The Kier molecular flexibility index (Phi) is 4.78. The summed E-state index contributed by atoms with van der Waals surface area (Å²) in [7, 11) is 0. The molecule has 1 N–H and O–H groups in total. The molecule has 0 saturated carbocycles. The standard InChI is InChI=1S/C20H19ClN2O2S/c1-12(24)23-8-6-13(9-18(23)25)19-16-5-4-15(21)10-17(16)26-11-14-3-2-7-22-20(14)19/h2-5,7,10,18,25H,6,8-9,11H2,1H3. The Morgan fingerprint density at radius 1 is 1.38 bits per heavy atom. The van der Waals surface area contributed by atoms with E-state index in [9.17, 15) is 9.90 Å². The smallest absolute Gasteiger partial charge is 0.221 e. The van der Waals surface area contributed by atoms with Crippen molar-refractivity contribution in [1.82, 2.24) is 9.88 Å². The number of aromatic nitrogens is 1. The number of thioether (sulfide) groups is 1. The third kappa shape index (κ3) is 3.15. The Morgan fingerprint density at radius 2 is 2.23 bits per heavy atom. The molecule has 3 heterocycles. The van der Waals surface area contributed by atoms with Crippen molar-refractivity contribution in [2.24, 2.45) is 0 Å². The number of nitrogens with zero attached hydrogens (tertiary/aromatic N) is 2. The van der Waals surface area contributed by atoms with Crippen LogP contribution in [0.3, 0.4) is 0 Å². The number of aliphatic hydroxyl groups is 1. The first-order valence-electron chi connectivity index (χ1n) is 8.59. The van der Waals surface area contributed by atoms with E-state index in [1.54, 1.807) is 11.8 Å². The molecule has 1 aromatic heterocycles. The zero-order valence-electron chi connectivity index (χ0n) is 14.4. The van der Waals surface area contributed by atoms with Crippen LogP contribution in [0.25, 0.3) is 5.57 Å². The maximum absolute atomic E-state index is 11.7. The lowest BCUT2D eigenvalue weighted by molar-refractivity contribution is -0.140. The van der Waals surface area contributed by atoms with Crippen molar-refractivity contribution >= 4 is 34.8 Å². The molecule has 2 aromatic rings. The van der Waals surface area contributed by atoms with Gasteiger partial charge in [0.15, 0.2) is 0 Å². The number of fused-ring (bicyclic) bond motifs is 2. The summed E-state index contributed by atoms with van der Waals surface area (Å²) in [4.78, 5) is 19.0. The quantitative estimate of drug-likeness (QED) is 0.740. The van der Waals surface area contributed by atoms with Gasteiger partial charge in [0.1, 0.15) is 6.23 Å². The van der Waals surface area contributed by atoms with Crippen LogP contribution in [0, 0.1) is 0 Å². The molecule has 0 aliphatic carbocycles. The molecule has 1 fully saturated rings. The van der Waals surface area contributed by atoms with Crippen LogP contribution in [0.2, 0.25) is 5.02 Å². The van der Waals surface area contributed by atoms with Crippen LogP contribution in [0.15, 0.2) is 47.0 Å². The molecule has 0 bridgehead atoms. The minimum absolute atomic E-state index is 0.0938. The lowest BCUT2D eigenvalue weighted by atomic mass is 9.88. The number of halogens is 1. The highest BCUT2D eigenvalue weighted by Gasteiger charge is 2.30. The largest absolute Gasteiger partial charge is 0.373 e. The number of benzene rings is 1. The predicted molar refractivity (Wildman–Crippen MR) is 104 cm³/mol. The highest BCUT2D eigenvalue weighted by molar-refractivity contribution is 7.98. The number of amides is 1. The molecule has 4 nitrogen and oxygen atoms in total. The van der Waals surface area contributed by atoms with E-state index in [1.807, 2.05) is 30.5 Å². The summed E-state index contributed by atoms with van der Waals surface area (Å²) < 4.78 is 0. The van der Waals surface area contributed by atoms with Gasteiger partial charge in [-0.3, -0.25) is 9.78 Å². The van der Waals surface area contributed by atoms with E-state index in [4.69, 9.17) is 11.6 Å². The number of likely N-dealkylation sites (tertiary alicyclic amines) is 1. The molecule has 6 heteroatoms. The highest BCUT2D eigenvalue weighted by atomic mass is 35.5. The molecule has 1 atom stereocenters. The number of carbonyl (C=O) groups is 1. The highest BCUT2D eigenvalue weighted by Crippen LogP contribution is 2.43. The molecule has 26 heavy (non-hydrogen) atoms. The lowest BCUT2D eigenvalue weighted by Gasteiger charge is -2.34. The number of carbonyl (C=O) groups excluding carboxylic acids is 1. The van der Waals surface area contributed by atoms with Crippen LogP contribution in [0.4, 0.5) is 0 Å². The number of piperidine rings is 1. The topological polar surface area (TPSA) is 53.4 Å². The molecular weight excluding hydrogens is 368 g/mol. The average molecular weight is 387 g/mol. The Morgan fingerprint density at radius 3 is 3.00 bits per heavy atom. The van der Waals surface area contributed by atoms with Gasteiger partial charge < -0.3 is 10.0 Å². The molecule has 2 aliphatic heterocycles. The van der Waals surface area contributed by atoms with Crippen LogP contribution in [0.5, 0.6) is 0 Å². The van der Waals surface area contributed by atoms with Crippen LogP contribution in [-0.4, -0.2) is 33.7 Å². The van der Waals surface area contributed by atoms with Crippen LogP contribution in [-0.2, 0) is 10.5 Å². The lowest BCUT2D eigenvalue weighted by Crippen LogP contribution is -2.43. The van der Waals surface area contributed by atoms with E-state index in [0.717, 1.165) is 39.5 Å². The zero-order valence-corrected chi connectivity index (χ0v) is 16.0. The van der Waals surface area contributed by atoms with Gasteiger partial charge in [-0.2, -0.15) is 0 Å². The van der Waals surface area contributed by atoms with Crippen molar-refractivity contribution in [1.29, 1.82) is 0 Å². The molecule has 2 aliphatic rings. The molecule has 0 radical (unpaired) electrons. The Bertz CT molecular complexity index is 912. The molecule has 1 aromatic carbocycles. The average Bonchev–Trinajstić information content (AvgIpc) is 2.78. The third-order valence-corrected chi connectivity index (χ3v) is 6.26. The van der Waals surface area contributed by atoms with Gasteiger partial charge >= 0.3 is 0 Å². The van der Waals surface area contributed by atoms with Gasteiger partial charge in [0, 0.05) is 47.3 Å². The number of hydrogen-bond acceptors (Lipinski definition) is 4. The van der Waals surface area contributed by atoms with Crippen molar-refractivity contribution in [3.63, 3.8) is 0 Å². The Balaban J connectivity index is 1.88. The zero-order chi connectivity index (χ0) is 18.3. The summed E-state index contributed by atoms with van der Waals surface area (Å²) in [5, 5.41) is 11.2. The Labute approximate surface area is 161 Å². The number of pyridine rings is 1. The second kappa shape index (κ2) is 7.06. The maximum atomic E-state index is 11.7. The fourth-order valence-electron chi connectivity index (χ4n) is 3.67. The van der Waals surface area contributed by atoms with Crippen molar-refractivity contribution < 1.29 is 9.90 Å². The molecule has 4 rings (SSSR count). The number of aliphatic hydroxyl groups excluding tert-OH is 1. The van der Waals surface area contributed by atoms with Crippen molar-refractivity contribution in [3.8, 4) is 0 Å². The van der Waals surface area contributed by atoms with Gasteiger partial charge in [-0.1, -0.05) is 29.3 Å². The minimum Gasteiger partial charge on any atom is -0.373 e. The molecule has 1 unspecified atom stereocenters. The van der Waals surface area contributed by atoms with Gasteiger partial charge in [0.05, 0.1) is 5.69 Å². The van der Waals surface area contributed by atoms with Crippen molar-refractivity contribution in [3.05, 3.63) is 63.9 Å². The minimum atomic E-state index is -0.789. The molecule has 134 valence electrons. The molecule has 1 saturated heterocycles. The summed E-state index contributed by atoms with van der Waals surface area (Å²) >= 11 is 7.98. The second-order valence-corrected chi connectivity index (χ2v) is 8.02. The summed E-state index contributed by atoms with van der Waals surface area (Å²) in [5.41, 5.74) is 5.48. The summed E-state index contributed by atoms with van der Waals surface area (Å²) in [5.74, 6) is 0.735. The van der Waals surface area contributed by atoms with Gasteiger partial charge in [-0.05, 0) is 35.7 Å². The van der Waals surface area contributed by atoms with E-state index in [2.05, 4.69) is 11.1 Å². The van der Waals surface area contributed by atoms with Gasteiger partial charge in [-0.25, -0.2) is 0 Å². The first kappa shape index (κ1) is 17.6. The van der Waals surface area contributed by atoms with Crippen molar-refractivity contribution in [2.75, 3.05) is 6.54 Å². The van der Waals surface area contributed by atoms with Gasteiger partial charge in [0.25, 0.3) is 0 Å². The van der Waals surface area contributed by atoms with E-state index < -0.39 is 6.23 Å². The normalized spacial score (nSPS) is 22.4. The van der Waals surface area contributed by atoms with E-state index in [1.165, 1.54) is 17.4 Å². The molecular formula is C20H19ClN2O2S. The fourth-order valence-corrected chi connectivity index (χ4v) is 4.99. The van der Waals surface area contributed by atoms with E-state index >= 15 is 0 Å². The third-order valence-electron chi connectivity index (χ3n) is 4.93. The van der Waals surface area contributed by atoms with Crippen LogP contribution in [0.1, 0.15) is 36.6 Å². The van der Waals surface area contributed by atoms with E-state index in [0.29, 0.717) is 18.0 Å². The first-order chi connectivity index (χ1) is 12.5. The summed E-state index contributed by atoms with van der Waals surface area (Å²) in [6.07, 6.45) is 2.20. The Hall–Kier alpha value is -1.82. The maximum Gasteiger partial charge on any atom is 0.221 e. The van der Waals surface area contributed by atoms with Gasteiger partial charge in [-0.15, -0.1) is 11.8 Å². The molecule has 0 spiro atoms. The van der Waals surface area contributed by atoms with Crippen LogP contribution < -0.4 is 0 Å².